The quantitative estimate of drug-likeness (QED) is 0.525. The van der Waals surface area contributed by atoms with Crippen molar-refractivity contribution >= 4 is 28.7 Å². The molecular weight excluding hydrogens is 336 g/mol. The minimum absolute atomic E-state index is 0.439. The first-order chi connectivity index (χ1) is 12.3. The summed E-state index contributed by atoms with van der Waals surface area (Å²) in [5.74, 6) is 1.46. The van der Waals surface area contributed by atoms with Crippen LogP contribution in [0.1, 0.15) is 82.4 Å². The SMILES string of the molecule is CCC(C)c1ccc(NC(=S)Nc2c(C(C)C)cccc2C(C)C)cc1. The van der Waals surface area contributed by atoms with E-state index in [1.165, 1.54) is 16.7 Å². The molecule has 2 nitrogen and oxygen atoms in total. The van der Waals surface area contributed by atoms with Gasteiger partial charge in [-0.3, -0.25) is 0 Å². The van der Waals surface area contributed by atoms with Crippen LogP contribution in [0.25, 0.3) is 0 Å². The van der Waals surface area contributed by atoms with E-state index >= 15 is 0 Å². The molecule has 0 bridgehead atoms. The zero-order valence-corrected chi connectivity index (χ0v) is 17.7. The van der Waals surface area contributed by atoms with Crippen molar-refractivity contribution in [1.82, 2.24) is 0 Å². The van der Waals surface area contributed by atoms with Crippen molar-refractivity contribution < 1.29 is 0 Å². The van der Waals surface area contributed by atoms with Gasteiger partial charge in [-0.2, -0.15) is 0 Å². The maximum Gasteiger partial charge on any atom is 0.175 e. The van der Waals surface area contributed by atoms with Gasteiger partial charge in [0.05, 0.1) is 0 Å². The van der Waals surface area contributed by atoms with Gasteiger partial charge in [0.1, 0.15) is 0 Å². The summed E-state index contributed by atoms with van der Waals surface area (Å²) in [5, 5.41) is 7.42. The second kappa shape index (κ2) is 9.18. The summed E-state index contributed by atoms with van der Waals surface area (Å²) < 4.78 is 0. The van der Waals surface area contributed by atoms with Crippen molar-refractivity contribution in [3.63, 3.8) is 0 Å². The van der Waals surface area contributed by atoms with Crippen molar-refractivity contribution in [3.8, 4) is 0 Å². The molecule has 0 saturated carbocycles. The van der Waals surface area contributed by atoms with Crippen LogP contribution in [0.4, 0.5) is 11.4 Å². The zero-order valence-electron chi connectivity index (χ0n) is 16.9. The lowest BCUT2D eigenvalue weighted by molar-refractivity contribution is 0.734. The molecule has 140 valence electrons. The topological polar surface area (TPSA) is 24.1 Å². The van der Waals surface area contributed by atoms with Crippen molar-refractivity contribution in [3.05, 3.63) is 59.2 Å². The molecule has 2 aromatic carbocycles. The van der Waals surface area contributed by atoms with E-state index in [2.05, 4.69) is 94.6 Å². The number of benzene rings is 2. The van der Waals surface area contributed by atoms with Gasteiger partial charge in [0, 0.05) is 11.4 Å². The van der Waals surface area contributed by atoms with Gasteiger partial charge in [-0.1, -0.05) is 71.9 Å². The summed E-state index contributed by atoms with van der Waals surface area (Å²) >= 11 is 5.60. The summed E-state index contributed by atoms with van der Waals surface area (Å²) in [5.41, 5.74) is 6.12. The Kier molecular flexibility index (Phi) is 7.22. The van der Waals surface area contributed by atoms with Crippen LogP contribution in [0.15, 0.2) is 42.5 Å². The highest BCUT2D eigenvalue weighted by Crippen LogP contribution is 2.32. The normalized spacial score (nSPS) is 12.3. The summed E-state index contributed by atoms with van der Waals surface area (Å²) in [4.78, 5) is 0. The lowest BCUT2D eigenvalue weighted by Crippen LogP contribution is -2.21. The molecule has 0 fully saturated rings. The molecule has 0 heterocycles. The van der Waals surface area contributed by atoms with Crippen LogP contribution in [-0.2, 0) is 0 Å². The summed E-state index contributed by atoms with van der Waals surface area (Å²) in [7, 11) is 0. The second-order valence-corrected chi connectivity index (χ2v) is 8.04. The molecule has 0 aliphatic rings. The van der Waals surface area contributed by atoms with Crippen LogP contribution < -0.4 is 10.6 Å². The summed E-state index contributed by atoms with van der Waals surface area (Å²) in [6.07, 6.45) is 1.15. The van der Waals surface area contributed by atoms with E-state index < -0.39 is 0 Å². The molecular formula is C23H32N2S. The van der Waals surface area contributed by atoms with E-state index in [0.29, 0.717) is 22.9 Å². The van der Waals surface area contributed by atoms with Crippen LogP contribution in [0.5, 0.6) is 0 Å². The van der Waals surface area contributed by atoms with Gasteiger partial charge in [-0.15, -0.1) is 0 Å². The Morgan fingerprint density at radius 3 is 1.85 bits per heavy atom. The lowest BCUT2D eigenvalue weighted by atomic mass is 9.93. The van der Waals surface area contributed by atoms with E-state index in [1.807, 2.05) is 0 Å². The molecule has 3 heteroatoms. The Balaban J connectivity index is 2.17. The molecule has 0 aliphatic carbocycles. The Hall–Kier alpha value is -1.87. The first-order valence-corrected chi connectivity index (χ1v) is 10.0. The predicted octanol–water partition coefficient (Wildman–Crippen LogP) is 7.26. The van der Waals surface area contributed by atoms with Gasteiger partial charge < -0.3 is 10.6 Å². The molecule has 26 heavy (non-hydrogen) atoms. The van der Waals surface area contributed by atoms with Crippen molar-refractivity contribution in [2.45, 2.75) is 65.7 Å². The van der Waals surface area contributed by atoms with Gasteiger partial charge in [0.15, 0.2) is 5.11 Å². The fourth-order valence-electron chi connectivity index (χ4n) is 3.10. The Morgan fingerprint density at radius 1 is 0.846 bits per heavy atom. The van der Waals surface area contributed by atoms with Gasteiger partial charge in [0.25, 0.3) is 0 Å². The molecule has 2 N–H and O–H groups in total. The van der Waals surface area contributed by atoms with Crippen molar-refractivity contribution in [1.29, 1.82) is 0 Å². The van der Waals surface area contributed by atoms with E-state index in [9.17, 15) is 0 Å². The van der Waals surface area contributed by atoms with Gasteiger partial charge in [0.2, 0.25) is 0 Å². The molecule has 1 unspecified atom stereocenters. The molecule has 0 radical (unpaired) electrons. The van der Waals surface area contributed by atoms with Crippen LogP contribution in [0.2, 0.25) is 0 Å². The van der Waals surface area contributed by atoms with Crippen LogP contribution in [0.3, 0.4) is 0 Å². The Morgan fingerprint density at radius 2 is 1.38 bits per heavy atom. The molecule has 2 rings (SSSR count). The van der Waals surface area contributed by atoms with Crippen LogP contribution >= 0.6 is 12.2 Å². The highest BCUT2D eigenvalue weighted by molar-refractivity contribution is 7.80. The van der Waals surface area contributed by atoms with E-state index in [4.69, 9.17) is 12.2 Å². The van der Waals surface area contributed by atoms with E-state index in [1.54, 1.807) is 0 Å². The fraction of sp³-hybridized carbons (Fsp3) is 0.435. The van der Waals surface area contributed by atoms with Crippen molar-refractivity contribution in [2.24, 2.45) is 0 Å². The predicted molar refractivity (Wildman–Crippen MR) is 120 cm³/mol. The van der Waals surface area contributed by atoms with Crippen LogP contribution in [-0.4, -0.2) is 5.11 Å². The summed E-state index contributed by atoms with van der Waals surface area (Å²) in [6, 6.07) is 15.1. The third-order valence-electron chi connectivity index (χ3n) is 4.96. The minimum Gasteiger partial charge on any atom is -0.332 e. The summed E-state index contributed by atoms with van der Waals surface area (Å²) in [6.45, 7) is 13.3. The number of para-hydroxylation sites is 1. The number of rotatable bonds is 6. The molecule has 1 atom stereocenters. The molecule has 2 aromatic rings. The lowest BCUT2D eigenvalue weighted by Gasteiger charge is -2.21. The average molecular weight is 369 g/mol. The molecule has 0 aromatic heterocycles. The standard InChI is InChI=1S/C23H32N2S/c1-7-17(6)18-11-13-19(14-12-18)24-23(26)25-22-20(15(2)3)9-8-10-21(22)16(4)5/h8-17H,7H2,1-6H3,(H2,24,25,26). The maximum absolute atomic E-state index is 5.60. The molecule has 0 aliphatic heterocycles. The third kappa shape index (κ3) is 5.07. The molecule has 0 spiro atoms. The van der Waals surface area contributed by atoms with Gasteiger partial charge >= 0.3 is 0 Å². The molecule has 0 saturated heterocycles. The van der Waals surface area contributed by atoms with E-state index in [0.717, 1.165) is 17.8 Å². The Labute approximate surface area is 164 Å². The number of nitrogens with one attached hydrogen (secondary N) is 2. The minimum atomic E-state index is 0.439. The van der Waals surface area contributed by atoms with Crippen LogP contribution in [0, 0.1) is 0 Å². The highest BCUT2D eigenvalue weighted by atomic mass is 32.1. The highest BCUT2D eigenvalue weighted by Gasteiger charge is 2.14. The number of hydrogen-bond donors (Lipinski definition) is 2. The number of anilines is 2. The third-order valence-corrected chi connectivity index (χ3v) is 5.17. The largest absolute Gasteiger partial charge is 0.332 e. The van der Waals surface area contributed by atoms with Gasteiger partial charge in [-0.05, 0) is 65.2 Å². The number of thiocarbonyl (C=S) groups is 1. The monoisotopic (exact) mass is 368 g/mol. The second-order valence-electron chi connectivity index (χ2n) is 7.63. The number of hydrogen-bond acceptors (Lipinski definition) is 1. The smallest absolute Gasteiger partial charge is 0.175 e. The maximum atomic E-state index is 5.60. The van der Waals surface area contributed by atoms with E-state index in [-0.39, 0.29) is 0 Å². The molecule has 0 amide bonds. The first-order valence-electron chi connectivity index (χ1n) is 9.64. The fourth-order valence-corrected chi connectivity index (χ4v) is 3.32. The first kappa shape index (κ1) is 20.4. The zero-order chi connectivity index (χ0) is 19.3. The van der Waals surface area contributed by atoms with Gasteiger partial charge in [-0.25, -0.2) is 0 Å². The Bertz CT molecular complexity index is 706. The average Bonchev–Trinajstić information content (AvgIpc) is 2.61. The van der Waals surface area contributed by atoms with Crippen molar-refractivity contribution in [2.75, 3.05) is 10.6 Å².